The van der Waals surface area contributed by atoms with Gasteiger partial charge in [0.1, 0.15) is 6.29 Å². The molecule has 0 fully saturated rings. The topological polar surface area (TPSA) is 58.0 Å². The summed E-state index contributed by atoms with van der Waals surface area (Å²) < 4.78 is 0. The lowest BCUT2D eigenvalue weighted by atomic mass is 10.4. The van der Waals surface area contributed by atoms with E-state index >= 15 is 0 Å². The van der Waals surface area contributed by atoms with E-state index in [1.165, 1.54) is 0 Å². The summed E-state index contributed by atoms with van der Waals surface area (Å²) >= 11 is 0. The SMILES string of the molecule is C=C(C)C=O.N=C=O. The summed E-state index contributed by atoms with van der Waals surface area (Å²) in [6.45, 7) is 4.97. The van der Waals surface area contributed by atoms with Gasteiger partial charge in [-0.3, -0.25) is 4.79 Å². The number of allylic oxidation sites excluding steroid dienone is 1. The molecule has 0 amide bonds. The molecular formula is C5H7NO2. The van der Waals surface area contributed by atoms with Gasteiger partial charge in [0, 0.05) is 0 Å². The Hall–Kier alpha value is -1.21. The highest BCUT2D eigenvalue weighted by molar-refractivity contribution is 5.70. The van der Waals surface area contributed by atoms with Crippen LogP contribution in [0.2, 0.25) is 0 Å². The van der Waals surface area contributed by atoms with E-state index in [0.29, 0.717) is 5.57 Å². The molecule has 0 aromatic carbocycles. The second-order valence-electron chi connectivity index (χ2n) is 1.07. The number of carbonyl (C=O) groups is 1. The van der Waals surface area contributed by atoms with E-state index in [-0.39, 0.29) is 0 Å². The monoisotopic (exact) mass is 113 g/mol. The Labute approximate surface area is 47.5 Å². The van der Waals surface area contributed by atoms with E-state index in [1.807, 2.05) is 0 Å². The minimum Gasteiger partial charge on any atom is -0.298 e. The first-order valence-electron chi connectivity index (χ1n) is 1.83. The van der Waals surface area contributed by atoms with Gasteiger partial charge in [0.25, 0.3) is 0 Å². The average molecular weight is 113 g/mol. The molecule has 0 radical (unpaired) electrons. The molecule has 0 spiro atoms. The predicted molar refractivity (Wildman–Crippen MR) is 29.3 cm³/mol. The molecule has 3 heteroatoms. The van der Waals surface area contributed by atoms with Gasteiger partial charge in [-0.15, -0.1) is 0 Å². The minimum absolute atomic E-state index is 0.574. The largest absolute Gasteiger partial charge is 0.298 e. The van der Waals surface area contributed by atoms with Crippen molar-refractivity contribution in [3.63, 3.8) is 0 Å². The molecule has 3 nitrogen and oxygen atoms in total. The number of aldehydes is 1. The van der Waals surface area contributed by atoms with Crippen LogP contribution in [-0.2, 0) is 9.59 Å². The molecular weight excluding hydrogens is 106 g/mol. The van der Waals surface area contributed by atoms with E-state index in [2.05, 4.69) is 6.58 Å². The molecule has 44 valence electrons. The van der Waals surface area contributed by atoms with Crippen molar-refractivity contribution in [2.24, 2.45) is 0 Å². The molecule has 0 aliphatic carbocycles. The first kappa shape index (κ1) is 9.92. The van der Waals surface area contributed by atoms with Crippen LogP contribution in [-0.4, -0.2) is 12.4 Å². The van der Waals surface area contributed by atoms with Crippen molar-refractivity contribution in [3.05, 3.63) is 12.2 Å². The number of hydrogen-bond acceptors (Lipinski definition) is 3. The summed E-state index contributed by atoms with van der Waals surface area (Å²) in [6.07, 6.45) is 1.47. The van der Waals surface area contributed by atoms with Crippen molar-refractivity contribution in [1.82, 2.24) is 0 Å². The molecule has 1 N–H and O–H groups in total. The Bertz CT molecular complexity index is 112. The lowest BCUT2D eigenvalue weighted by Crippen LogP contribution is -1.65. The highest BCUT2D eigenvalue weighted by atomic mass is 16.1. The number of nitrogens with one attached hydrogen (secondary N) is 1. The number of hydrogen-bond donors (Lipinski definition) is 1. The smallest absolute Gasteiger partial charge is 0.231 e. The first-order valence-corrected chi connectivity index (χ1v) is 1.83. The fraction of sp³-hybridized carbons (Fsp3) is 0.200. The molecule has 0 aliphatic rings. The zero-order chi connectivity index (χ0) is 6.99. The summed E-state index contributed by atoms with van der Waals surface area (Å²) in [7, 11) is 0. The molecule has 0 aromatic heterocycles. The van der Waals surface area contributed by atoms with Crippen LogP contribution in [0.5, 0.6) is 0 Å². The van der Waals surface area contributed by atoms with Crippen LogP contribution in [0.15, 0.2) is 12.2 Å². The Kier molecular flexibility index (Phi) is 11.5. The summed E-state index contributed by atoms with van der Waals surface area (Å²) in [4.78, 5) is 17.8. The standard InChI is InChI=1S/C4H6O.CHNO/c1-4(2)3-5;2-1-3/h3H,1H2,2H3;2H. The third kappa shape index (κ3) is 110. The van der Waals surface area contributed by atoms with Crippen LogP contribution in [0.1, 0.15) is 6.92 Å². The van der Waals surface area contributed by atoms with Crippen LogP contribution in [0.25, 0.3) is 0 Å². The van der Waals surface area contributed by atoms with Gasteiger partial charge < -0.3 is 0 Å². The number of carbonyl (C=O) groups excluding carboxylic acids is 2. The van der Waals surface area contributed by atoms with E-state index in [9.17, 15) is 4.79 Å². The Morgan fingerprint density at radius 2 is 2.00 bits per heavy atom. The molecule has 0 unspecified atom stereocenters. The van der Waals surface area contributed by atoms with Crippen molar-refractivity contribution < 1.29 is 9.59 Å². The van der Waals surface area contributed by atoms with Gasteiger partial charge in [0.2, 0.25) is 6.08 Å². The Morgan fingerprint density at radius 3 is 2.00 bits per heavy atom. The number of isocyanates is 1. The van der Waals surface area contributed by atoms with Gasteiger partial charge in [0.15, 0.2) is 0 Å². The summed E-state index contributed by atoms with van der Waals surface area (Å²) in [6, 6.07) is 0. The summed E-state index contributed by atoms with van der Waals surface area (Å²) in [5, 5.41) is 5.40. The zero-order valence-electron chi connectivity index (χ0n) is 4.60. The van der Waals surface area contributed by atoms with Crippen LogP contribution in [0, 0.1) is 5.41 Å². The molecule has 8 heavy (non-hydrogen) atoms. The normalized spacial score (nSPS) is 5.12. The highest BCUT2D eigenvalue weighted by Gasteiger charge is 1.66. The van der Waals surface area contributed by atoms with Crippen molar-refractivity contribution in [2.45, 2.75) is 6.92 Å². The summed E-state index contributed by atoms with van der Waals surface area (Å²) in [5.41, 5.74) is 0.574. The van der Waals surface area contributed by atoms with Crippen LogP contribution < -0.4 is 0 Å². The maximum absolute atomic E-state index is 9.41. The molecule has 0 bridgehead atoms. The van der Waals surface area contributed by atoms with Crippen molar-refractivity contribution in [2.75, 3.05) is 0 Å². The van der Waals surface area contributed by atoms with Crippen molar-refractivity contribution >= 4 is 12.4 Å². The minimum atomic E-state index is 0.574. The predicted octanol–water partition coefficient (Wildman–Crippen LogP) is 0.662. The van der Waals surface area contributed by atoms with Crippen molar-refractivity contribution in [1.29, 1.82) is 5.41 Å². The van der Waals surface area contributed by atoms with E-state index < -0.39 is 0 Å². The van der Waals surface area contributed by atoms with Gasteiger partial charge in [0.05, 0.1) is 0 Å². The first-order chi connectivity index (χ1) is 3.68. The molecule has 0 atom stereocenters. The van der Waals surface area contributed by atoms with Crippen molar-refractivity contribution in [3.8, 4) is 0 Å². The van der Waals surface area contributed by atoms with Gasteiger partial charge in [-0.25, -0.2) is 10.2 Å². The number of rotatable bonds is 1. The second-order valence-corrected chi connectivity index (χ2v) is 1.07. The van der Waals surface area contributed by atoms with E-state index in [0.717, 1.165) is 12.4 Å². The van der Waals surface area contributed by atoms with E-state index in [1.54, 1.807) is 6.92 Å². The van der Waals surface area contributed by atoms with Gasteiger partial charge in [-0.05, 0) is 12.5 Å². The third-order valence-electron chi connectivity index (χ3n) is 0.201. The quantitative estimate of drug-likeness (QED) is 0.235. The molecule has 0 aromatic rings. The lowest BCUT2D eigenvalue weighted by molar-refractivity contribution is -0.104. The molecule has 0 aliphatic heterocycles. The Balaban J connectivity index is 0. The summed E-state index contributed by atoms with van der Waals surface area (Å²) in [5.74, 6) is 0. The third-order valence-corrected chi connectivity index (χ3v) is 0.201. The molecule has 0 saturated heterocycles. The van der Waals surface area contributed by atoms with Crippen LogP contribution in [0.4, 0.5) is 0 Å². The lowest BCUT2D eigenvalue weighted by Gasteiger charge is -1.65. The maximum atomic E-state index is 9.41. The highest BCUT2D eigenvalue weighted by Crippen LogP contribution is 1.70. The molecule has 0 rings (SSSR count). The fourth-order valence-electron chi connectivity index (χ4n) is 0. The maximum Gasteiger partial charge on any atom is 0.231 e. The van der Waals surface area contributed by atoms with Crippen LogP contribution in [0.3, 0.4) is 0 Å². The van der Waals surface area contributed by atoms with E-state index in [4.69, 9.17) is 10.2 Å². The second kappa shape index (κ2) is 9.25. The van der Waals surface area contributed by atoms with Gasteiger partial charge in [-0.2, -0.15) is 0 Å². The Morgan fingerprint density at radius 1 is 1.88 bits per heavy atom. The van der Waals surface area contributed by atoms with Gasteiger partial charge in [-0.1, -0.05) is 6.58 Å². The fourth-order valence-corrected chi connectivity index (χ4v) is 0. The molecule has 0 heterocycles. The zero-order valence-corrected chi connectivity index (χ0v) is 4.60. The average Bonchev–Trinajstić information content (AvgIpc) is 1.69. The molecule has 0 saturated carbocycles. The van der Waals surface area contributed by atoms with Crippen LogP contribution >= 0.6 is 0 Å². The van der Waals surface area contributed by atoms with Gasteiger partial charge >= 0.3 is 0 Å².